The Morgan fingerprint density at radius 3 is 3.05 bits per heavy atom. The van der Waals surface area contributed by atoms with Gasteiger partial charge in [0.1, 0.15) is 5.52 Å². The van der Waals surface area contributed by atoms with E-state index in [4.69, 9.17) is 16.3 Å². The van der Waals surface area contributed by atoms with Crippen molar-refractivity contribution in [1.82, 2.24) is 9.97 Å². The van der Waals surface area contributed by atoms with E-state index in [2.05, 4.69) is 44.6 Å². The molecule has 0 radical (unpaired) electrons. The van der Waals surface area contributed by atoms with Gasteiger partial charge < -0.3 is 9.64 Å². The number of rotatable bonds is 2. The molecule has 1 fully saturated rings. The second kappa shape index (κ2) is 5.71. The molecule has 0 bridgehead atoms. The van der Waals surface area contributed by atoms with Crippen molar-refractivity contribution in [2.24, 2.45) is 0 Å². The molecule has 0 aliphatic carbocycles. The van der Waals surface area contributed by atoms with E-state index in [-0.39, 0.29) is 11.7 Å². The second-order valence-electron chi connectivity index (χ2n) is 5.89. The summed E-state index contributed by atoms with van der Waals surface area (Å²) >= 11 is 9.45. The van der Waals surface area contributed by atoms with Gasteiger partial charge in [-0.3, -0.25) is 9.97 Å². The van der Waals surface area contributed by atoms with Crippen molar-refractivity contribution >= 4 is 44.3 Å². The molecule has 21 heavy (non-hydrogen) atoms. The summed E-state index contributed by atoms with van der Waals surface area (Å²) in [5.74, 6) is 0.488. The van der Waals surface area contributed by atoms with Gasteiger partial charge in [0.2, 0.25) is 0 Å². The van der Waals surface area contributed by atoms with E-state index >= 15 is 0 Å². The van der Waals surface area contributed by atoms with Crippen LogP contribution in [-0.2, 0) is 4.74 Å². The van der Waals surface area contributed by atoms with E-state index in [1.165, 1.54) is 0 Å². The molecule has 1 aliphatic heterocycles. The van der Waals surface area contributed by atoms with Crippen LogP contribution in [0.25, 0.3) is 11.0 Å². The molecule has 2 aromatic heterocycles. The molecule has 3 heterocycles. The third-order valence-corrected chi connectivity index (χ3v) is 4.29. The molecule has 1 unspecified atom stereocenters. The van der Waals surface area contributed by atoms with Gasteiger partial charge in [-0.2, -0.15) is 0 Å². The maximum Gasteiger partial charge on any atom is 0.112 e. The van der Waals surface area contributed by atoms with E-state index in [1.807, 2.05) is 18.3 Å². The minimum atomic E-state index is -0.233. The first-order valence-corrected chi connectivity index (χ1v) is 8.20. The van der Waals surface area contributed by atoms with Crippen molar-refractivity contribution in [2.75, 3.05) is 23.9 Å². The zero-order valence-electron chi connectivity index (χ0n) is 12.0. The Balaban J connectivity index is 2.03. The average molecular weight is 371 g/mol. The molecule has 112 valence electrons. The summed E-state index contributed by atoms with van der Waals surface area (Å²) in [6.45, 7) is 5.75. The summed E-state index contributed by atoms with van der Waals surface area (Å²) in [7, 11) is 0. The predicted octanol–water partition coefficient (Wildman–Crippen LogP) is 3.61. The van der Waals surface area contributed by atoms with Gasteiger partial charge >= 0.3 is 0 Å². The number of aromatic nitrogens is 2. The van der Waals surface area contributed by atoms with E-state index in [0.29, 0.717) is 5.88 Å². The Morgan fingerprint density at radius 2 is 2.29 bits per heavy atom. The summed E-state index contributed by atoms with van der Waals surface area (Å²) in [4.78, 5) is 11.2. The zero-order chi connectivity index (χ0) is 15.0. The highest BCUT2D eigenvalue weighted by molar-refractivity contribution is 9.10. The molecule has 1 atom stereocenters. The zero-order valence-corrected chi connectivity index (χ0v) is 14.4. The van der Waals surface area contributed by atoms with Crippen molar-refractivity contribution in [2.45, 2.75) is 25.6 Å². The lowest BCUT2D eigenvalue weighted by Crippen LogP contribution is -2.53. The van der Waals surface area contributed by atoms with Crippen LogP contribution in [0.1, 0.15) is 13.8 Å². The molecular weight excluding hydrogens is 354 g/mol. The Kier molecular flexibility index (Phi) is 4.08. The maximum absolute atomic E-state index is 6.01. The highest BCUT2D eigenvalue weighted by atomic mass is 79.9. The average Bonchev–Trinajstić information content (AvgIpc) is 2.44. The Morgan fingerprint density at radius 1 is 1.48 bits per heavy atom. The summed E-state index contributed by atoms with van der Waals surface area (Å²) in [5, 5.41) is 0. The van der Waals surface area contributed by atoms with Crippen molar-refractivity contribution in [1.29, 1.82) is 0 Å². The van der Waals surface area contributed by atoms with Crippen molar-refractivity contribution < 1.29 is 4.74 Å². The molecule has 0 N–H and O–H groups in total. The largest absolute Gasteiger partial charge is 0.367 e. The summed E-state index contributed by atoms with van der Waals surface area (Å²) < 4.78 is 6.92. The van der Waals surface area contributed by atoms with E-state index < -0.39 is 0 Å². The van der Waals surface area contributed by atoms with Crippen LogP contribution >= 0.6 is 27.5 Å². The highest BCUT2D eigenvalue weighted by Gasteiger charge is 2.33. The van der Waals surface area contributed by atoms with Crippen LogP contribution in [0.2, 0.25) is 0 Å². The van der Waals surface area contributed by atoms with Crippen molar-refractivity contribution in [3.63, 3.8) is 0 Å². The SMILES string of the molecule is CC1(C)CN(c2ccnc3cc(Br)cnc23)CC(CCl)O1. The van der Waals surface area contributed by atoms with E-state index in [0.717, 1.165) is 34.3 Å². The lowest BCUT2D eigenvalue weighted by molar-refractivity contribution is -0.0733. The van der Waals surface area contributed by atoms with Gasteiger partial charge in [0.25, 0.3) is 0 Å². The van der Waals surface area contributed by atoms with Crippen molar-refractivity contribution in [3.8, 4) is 0 Å². The predicted molar refractivity (Wildman–Crippen MR) is 89.1 cm³/mol. The number of morpholine rings is 1. The summed E-state index contributed by atoms with van der Waals surface area (Å²) in [6.07, 6.45) is 3.65. The monoisotopic (exact) mass is 369 g/mol. The smallest absolute Gasteiger partial charge is 0.112 e. The first-order chi connectivity index (χ1) is 9.98. The molecular formula is C15H17BrClN3O. The van der Waals surface area contributed by atoms with Crippen LogP contribution < -0.4 is 4.90 Å². The fourth-order valence-corrected chi connectivity index (χ4v) is 3.29. The molecule has 4 nitrogen and oxygen atoms in total. The maximum atomic E-state index is 6.01. The molecule has 1 aliphatic rings. The first kappa shape index (κ1) is 15.0. The Hall–Kier alpha value is -0.910. The van der Waals surface area contributed by atoms with Crippen LogP contribution in [0.3, 0.4) is 0 Å². The standard InChI is InChI=1S/C15H17BrClN3O/c1-15(2)9-20(8-11(6-17)21-15)13-3-4-18-12-5-10(16)7-19-14(12)13/h3-5,7,11H,6,8-9H2,1-2H3. The number of halogens is 2. The van der Waals surface area contributed by atoms with E-state index in [9.17, 15) is 0 Å². The van der Waals surface area contributed by atoms with Gasteiger partial charge in [0, 0.05) is 30.0 Å². The Labute approximate surface area is 137 Å². The fourth-order valence-electron chi connectivity index (χ4n) is 2.81. The molecule has 3 rings (SSSR count). The van der Waals surface area contributed by atoms with Crippen LogP contribution in [0.4, 0.5) is 5.69 Å². The minimum Gasteiger partial charge on any atom is -0.367 e. The van der Waals surface area contributed by atoms with Gasteiger partial charge in [-0.25, -0.2) is 0 Å². The molecule has 0 amide bonds. The third kappa shape index (κ3) is 3.15. The van der Waals surface area contributed by atoms with Crippen LogP contribution in [0.15, 0.2) is 29.0 Å². The lowest BCUT2D eigenvalue weighted by Gasteiger charge is -2.43. The number of hydrogen-bond acceptors (Lipinski definition) is 4. The molecule has 2 aromatic rings. The van der Waals surface area contributed by atoms with Gasteiger partial charge in [0.15, 0.2) is 0 Å². The van der Waals surface area contributed by atoms with Crippen LogP contribution in [0, 0.1) is 0 Å². The minimum absolute atomic E-state index is 0.0223. The van der Waals surface area contributed by atoms with Gasteiger partial charge in [-0.15, -0.1) is 11.6 Å². The van der Waals surface area contributed by atoms with Gasteiger partial charge in [-0.05, 0) is 41.9 Å². The lowest BCUT2D eigenvalue weighted by atomic mass is 10.0. The molecule has 1 saturated heterocycles. The number of ether oxygens (including phenoxy) is 1. The summed E-state index contributed by atoms with van der Waals surface area (Å²) in [5.41, 5.74) is 2.64. The first-order valence-electron chi connectivity index (χ1n) is 6.87. The number of nitrogens with zero attached hydrogens (tertiary/aromatic N) is 3. The van der Waals surface area contributed by atoms with E-state index in [1.54, 1.807) is 6.20 Å². The number of alkyl halides is 1. The molecule has 6 heteroatoms. The quantitative estimate of drug-likeness (QED) is 0.757. The van der Waals surface area contributed by atoms with Crippen LogP contribution in [-0.4, -0.2) is 40.6 Å². The van der Waals surface area contributed by atoms with Gasteiger partial charge in [0.05, 0.1) is 28.8 Å². The third-order valence-electron chi connectivity index (χ3n) is 3.52. The highest BCUT2D eigenvalue weighted by Crippen LogP contribution is 2.30. The second-order valence-corrected chi connectivity index (χ2v) is 7.11. The topological polar surface area (TPSA) is 38.2 Å². The summed E-state index contributed by atoms with van der Waals surface area (Å²) in [6, 6.07) is 3.99. The number of pyridine rings is 2. The normalized spacial score (nSPS) is 21.7. The van der Waals surface area contributed by atoms with Crippen molar-refractivity contribution in [3.05, 3.63) is 29.0 Å². The molecule has 0 spiro atoms. The molecule has 0 aromatic carbocycles. The van der Waals surface area contributed by atoms with Gasteiger partial charge in [-0.1, -0.05) is 0 Å². The number of fused-ring (bicyclic) bond motifs is 1. The fraction of sp³-hybridized carbons (Fsp3) is 0.467. The Bertz CT molecular complexity index is 664. The van der Waals surface area contributed by atoms with Crippen LogP contribution in [0.5, 0.6) is 0 Å². The number of hydrogen-bond donors (Lipinski definition) is 0. The molecule has 0 saturated carbocycles. The number of anilines is 1.